The van der Waals surface area contributed by atoms with Crippen LogP contribution in [0.4, 0.5) is 0 Å². The largest absolute Gasteiger partial charge is 0.481 e. The third-order valence-electron chi connectivity index (χ3n) is 1.60. The molecule has 1 rings (SSSR count). The molecule has 60 valence electrons. The third kappa shape index (κ3) is 3.14. The van der Waals surface area contributed by atoms with Gasteiger partial charge in [0.05, 0.1) is 6.42 Å². The Hall–Kier alpha value is -0.687. The zero-order chi connectivity index (χ0) is 8.27. The zero-order valence-corrected chi connectivity index (χ0v) is 10.0. The molecule has 0 aliphatic carbocycles. The number of benzene rings is 1. The van der Waals surface area contributed by atoms with Crippen molar-refractivity contribution in [2.75, 3.05) is 0 Å². The van der Waals surface area contributed by atoms with Crippen LogP contribution in [0.3, 0.4) is 0 Å². The molecule has 0 amide bonds. The molecule has 0 fully saturated rings. The Balaban J connectivity index is 0.00000121. The Morgan fingerprint density at radius 2 is 2.00 bits per heavy atom. The van der Waals surface area contributed by atoms with E-state index in [1.165, 1.54) is 0 Å². The van der Waals surface area contributed by atoms with Crippen LogP contribution in [0.25, 0.3) is 0 Å². The molecule has 12 heavy (non-hydrogen) atoms. The second kappa shape index (κ2) is 5.05. The van der Waals surface area contributed by atoms with Crippen LogP contribution in [0, 0.1) is 6.92 Å². The van der Waals surface area contributed by atoms with Gasteiger partial charge < -0.3 is 5.11 Å². The molecule has 1 aromatic carbocycles. The summed E-state index contributed by atoms with van der Waals surface area (Å²) >= 11 is 0. The van der Waals surface area contributed by atoms with Gasteiger partial charge in [-0.05, 0) is 18.1 Å². The van der Waals surface area contributed by atoms with Gasteiger partial charge in [0.15, 0.2) is 0 Å². The average Bonchev–Trinajstić information content (AvgIpc) is 1.93. The van der Waals surface area contributed by atoms with Gasteiger partial charge in [0.25, 0.3) is 0 Å². The van der Waals surface area contributed by atoms with Crippen LogP contribution in [0.2, 0.25) is 0 Å². The van der Waals surface area contributed by atoms with Crippen molar-refractivity contribution < 1.29 is 29.4 Å². The summed E-state index contributed by atoms with van der Waals surface area (Å²) in [6.07, 6.45) is 0.118. The normalized spacial score (nSPS) is 8.75. The molecule has 1 aromatic rings. The van der Waals surface area contributed by atoms with E-state index in [0.717, 1.165) is 11.1 Å². The predicted octanol–water partition coefficient (Wildman–Crippen LogP) is 1.62. The van der Waals surface area contributed by atoms with Crippen LogP contribution in [-0.2, 0) is 30.7 Å². The number of carbonyl (C=O) groups is 1. The van der Waals surface area contributed by atoms with E-state index in [1.54, 1.807) is 0 Å². The topological polar surface area (TPSA) is 37.3 Å². The molecule has 0 aliphatic heterocycles. The summed E-state index contributed by atoms with van der Waals surface area (Å²) in [5.41, 5.74) is 1.93. The molecule has 2 nitrogen and oxygen atoms in total. The van der Waals surface area contributed by atoms with Crippen LogP contribution in [0.15, 0.2) is 24.3 Å². The van der Waals surface area contributed by atoms with E-state index in [9.17, 15) is 4.79 Å². The van der Waals surface area contributed by atoms with Gasteiger partial charge in [-0.25, -0.2) is 0 Å². The Bertz CT molecular complexity index is 271. The number of hydrogen-bond acceptors (Lipinski definition) is 1. The van der Waals surface area contributed by atoms with Crippen molar-refractivity contribution in [3.05, 3.63) is 35.4 Å². The molecular formula is C9H10O2Zn. The van der Waals surface area contributed by atoms with Crippen LogP contribution < -0.4 is 0 Å². The maximum Gasteiger partial charge on any atom is 0.307 e. The standard InChI is InChI=1S/C9H10O2.Zn/c1-7-4-2-3-5-8(7)6-9(10)11;/h2-5H,6H2,1H3,(H,10,11);. The Morgan fingerprint density at radius 1 is 1.42 bits per heavy atom. The van der Waals surface area contributed by atoms with Gasteiger partial charge in [0, 0.05) is 19.5 Å². The predicted molar refractivity (Wildman–Crippen MR) is 42.5 cm³/mol. The SMILES string of the molecule is Cc1ccccc1CC(=O)O.[Zn]. The van der Waals surface area contributed by atoms with Crippen LogP contribution >= 0.6 is 0 Å². The van der Waals surface area contributed by atoms with E-state index in [1.807, 2.05) is 31.2 Å². The smallest absolute Gasteiger partial charge is 0.307 e. The summed E-state index contributed by atoms with van der Waals surface area (Å²) < 4.78 is 0. The molecule has 0 atom stereocenters. The third-order valence-corrected chi connectivity index (χ3v) is 1.60. The van der Waals surface area contributed by atoms with E-state index in [4.69, 9.17) is 5.11 Å². The molecule has 0 radical (unpaired) electrons. The summed E-state index contributed by atoms with van der Waals surface area (Å²) in [5, 5.41) is 8.49. The quantitative estimate of drug-likeness (QED) is 0.762. The molecule has 0 unspecified atom stereocenters. The zero-order valence-electron chi connectivity index (χ0n) is 7.08. The van der Waals surface area contributed by atoms with E-state index in [0.29, 0.717) is 0 Å². The van der Waals surface area contributed by atoms with E-state index in [-0.39, 0.29) is 25.9 Å². The van der Waals surface area contributed by atoms with E-state index >= 15 is 0 Å². The van der Waals surface area contributed by atoms with Crippen molar-refractivity contribution in [3.63, 3.8) is 0 Å². The summed E-state index contributed by atoms with van der Waals surface area (Å²) in [4.78, 5) is 10.3. The summed E-state index contributed by atoms with van der Waals surface area (Å²) in [6.45, 7) is 1.91. The number of carboxylic acids is 1. The molecule has 1 N–H and O–H groups in total. The van der Waals surface area contributed by atoms with Gasteiger partial charge in [0.2, 0.25) is 0 Å². The molecule has 0 spiro atoms. The first-order valence-electron chi connectivity index (χ1n) is 3.46. The minimum atomic E-state index is -0.778. The van der Waals surface area contributed by atoms with Gasteiger partial charge in [-0.15, -0.1) is 0 Å². The van der Waals surface area contributed by atoms with Gasteiger partial charge in [-0.1, -0.05) is 24.3 Å². The maximum atomic E-state index is 10.3. The van der Waals surface area contributed by atoms with Gasteiger partial charge >= 0.3 is 5.97 Å². The average molecular weight is 216 g/mol. The molecule has 0 saturated heterocycles. The summed E-state index contributed by atoms with van der Waals surface area (Å²) in [7, 11) is 0. The number of carboxylic acid groups (broad SMARTS) is 1. The Morgan fingerprint density at radius 3 is 2.50 bits per heavy atom. The number of hydrogen-bond donors (Lipinski definition) is 1. The first-order chi connectivity index (χ1) is 5.20. The number of aliphatic carboxylic acids is 1. The fourth-order valence-corrected chi connectivity index (χ4v) is 0.971. The first-order valence-corrected chi connectivity index (χ1v) is 3.46. The Kier molecular flexibility index (Phi) is 4.76. The van der Waals surface area contributed by atoms with Crippen molar-refractivity contribution in [2.45, 2.75) is 13.3 Å². The fraction of sp³-hybridized carbons (Fsp3) is 0.222. The molecule has 0 bridgehead atoms. The Labute approximate surface area is 84.4 Å². The summed E-state index contributed by atoms with van der Waals surface area (Å²) in [6, 6.07) is 7.51. The van der Waals surface area contributed by atoms with Crippen LogP contribution in [-0.4, -0.2) is 11.1 Å². The van der Waals surface area contributed by atoms with E-state index < -0.39 is 5.97 Å². The fourth-order valence-electron chi connectivity index (χ4n) is 0.971. The molecule has 0 saturated carbocycles. The number of rotatable bonds is 2. The van der Waals surface area contributed by atoms with Crippen molar-refractivity contribution in [2.24, 2.45) is 0 Å². The van der Waals surface area contributed by atoms with Crippen molar-refractivity contribution in [1.82, 2.24) is 0 Å². The number of aryl methyl sites for hydroxylation is 1. The van der Waals surface area contributed by atoms with Crippen molar-refractivity contribution >= 4 is 5.97 Å². The van der Waals surface area contributed by atoms with Crippen molar-refractivity contribution in [1.29, 1.82) is 0 Å². The minimum Gasteiger partial charge on any atom is -0.481 e. The van der Waals surface area contributed by atoms with Gasteiger partial charge in [-0.3, -0.25) is 4.79 Å². The maximum absolute atomic E-state index is 10.3. The van der Waals surface area contributed by atoms with E-state index in [2.05, 4.69) is 0 Å². The second-order valence-electron chi connectivity index (χ2n) is 2.50. The van der Waals surface area contributed by atoms with Gasteiger partial charge in [0.1, 0.15) is 0 Å². The van der Waals surface area contributed by atoms with Crippen LogP contribution in [0.1, 0.15) is 11.1 Å². The molecule has 0 heterocycles. The van der Waals surface area contributed by atoms with Crippen molar-refractivity contribution in [3.8, 4) is 0 Å². The van der Waals surface area contributed by atoms with Crippen LogP contribution in [0.5, 0.6) is 0 Å². The molecule has 0 aliphatic rings. The summed E-state index contributed by atoms with van der Waals surface area (Å²) in [5.74, 6) is -0.778. The van der Waals surface area contributed by atoms with Gasteiger partial charge in [-0.2, -0.15) is 0 Å². The molecule has 3 heteroatoms. The minimum absolute atomic E-state index is 0. The molecular weight excluding hydrogens is 205 g/mol. The molecule has 0 aromatic heterocycles. The first kappa shape index (κ1) is 11.3. The monoisotopic (exact) mass is 214 g/mol. The second-order valence-corrected chi connectivity index (χ2v) is 2.50.